The molecule has 2 heterocycles. The quantitative estimate of drug-likeness (QED) is 0.755. The highest BCUT2D eigenvalue weighted by Gasteiger charge is 2.62. The van der Waals surface area contributed by atoms with Gasteiger partial charge < -0.3 is 14.6 Å². The van der Waals surface area contributed by atoms with E-state index in [0.717, 1.165) is 11.3 Å². The number of methoxy groups -OCH3 is 1. The molecule has 0 fully saturated rings. The van der Waals surface area contributed by atoms with E-state index in [2.05, 4.69) is 10.1 Å². The summed E-state index contributed by atoms with van der Waals surface area (Å²) in [4.78, 5) is 15.6. The first-order valence-corrected chi connectivity index (χ1v) is 9.01. The number of aromatic nitrogens is 1. The maximum absolute atomic E-state index is 13.7. The lowest BCUT2D eigenvalue weighted by molar-refractivity contribution is -0.254. The number of rotatable bonds is 5. The van der Waals surface area contributed by atoms with Gasteiger partial charge in [0, 0.05) is 5.38 Å². The van der Waals surface area contributed by atoms with E-state index in [0.29, 0.717) is 16.3 Å². The average molecular weight is 415 g/mol. The van der Waals surface area contributed by atoms with Gasteiger partial charge in [-0.05, 0) is 36.8 Å². The number of esters is 1. The highest BCUT2D eigenvalue weighted by atomic mass is 32.1. The number of hydrogen-bond acceptors (Lipinski definition) is 8. The van der Waals surface area contributed by atoms with Gasteiger partial charge in [0.25, 0.3) is 5.72 Å². The van der Waals surface area contributed by atoms with Crippen molar-refractivity contribution in [1.82, 2.24) is 4.98 Å². The molecule has 11 heteroatoms. The number of carbonyl (C=O) groups excluding carboxylic acids is 1. The fraction of sp³-hybridized carbons (Fsp3) is 0.353. The molecule has 1 aromatic heterocycles. The second kappa shape index (κ2) is 7.40. The molecule has 1 aliphatic heterocycles. The number of carbonyl (C=O) groups is 1. The molecule has 150 valence electrons. The van der Waals surface area contributed by atoms with Gasteiger partial charge in [-0.25, -0.2) is 9.78 Å². The maximum Gasteiger partial charge on any atom is 0.438 e. The van der Waals surface area contributed by atoms with Crippen LogP contribution in [0.1, 0.15) is 29.4 Å². The number of thiazole rings is 1. The number of ether oxygens (including phenoxy) is 2. The number of nitrogens with zero attached hydrogens (tertiary/aromatic N) is 3. The Bertz CT molecular complexity index is 898. The van der Waals surface area contributed by atoms with Crippen LogP contribution in [-0.2, 0) is 4.74 Å². The number of benzene rings is 1. The Hall–Kier alpha value is -2.66. The SMILES string of the molecule is CCOC(=O)c1csc(N2N=C(c3ccc(OC)cc3)C[C@]2(O)C(F)(F)F)n1. The van der Waals surface area contributed by atoms with Crippen molar-refractivity contribution in [2.24, 2.45) is 5.10 Å². The standard InChI is InChI=1S/C17H16F3N3O4S/c1-3-27-14(24)13-9-28-15(21-13)23-16(25,17(18,19)20)8-12(22-23)10-4-6-11(26-2)7-5-10/h4-7,9,25H,3,8H2,1-2H3/t16-/m0/s1. The van der Waals surface area contributed by atoms with Crippen molar-refractivity contribution in [3.63, 3.8) is 0 Å². The zero-order chi connectivity index (χ0) is 20.5. The molecule has 1 aliphatic rings. The van der Waals surface area contributed by atoms with Crippen molar-refractivity contribution < 1.29 is 32.5 Å². The van der Waals surface area contributed by atoms with Crippen LogP contribution in [0.25, 0.3) is 0 Å². The molecule has 1 atom stereocenters. The largest absolute Gasteiger partial charge is 0.497 e. The second-order valence-corrected chi connectivity index (χ2v) is 6.65. The summed E-state index contributed by atoms with van der Waals surface area (Å²) in [5.41, 5.74) is -3.02. The summed E-state index contributed by atoms with van der Waals surface area (Å²) in [6.45, 7) is 1.70. The van der Waals surface area contributed by atoms with Crippen molar-refractivity contribution in [2.45, 2.75) is 25.2 Å². The summed E-state index contributed by atoms with van der Waals surface area (Å²) in [5.74, 6) is -0.233. The third-order valence-electron chi connectivity index (χ3n) is 4.02. The van der Waals surface area contributed by atoms with Crippen molar-refractivity contribution in [3.8, 4) is 5.75 Å². The van der Waals surface area contributed by atoms with Gasteiger partial charge in [0.1, 0.15) is 5.75 Å². The smallest absolute Gasteiger partial charge is 0.438 e. The molecule has 2 aromatic rings. The first-order chi connectivity index (χ1) is 13.2. The number of hydrogen-bond donors (Lipinski definition) is 1. The molecule has 0 saturated carbocycles. The number of aliphatic hydroxyl groups is 1. The topological polar surface area (TPSA) is 84.2 Å². The monoisotopic (exact) mass is 415 g/mol. The molecule has 3 rings (SSSR count). The predicted molar refractivity (Wildman–Crippen MR) is 95.7 cm³/mol. The molecular formula is C17H16F3N3O4S. The minimum atomic E-state index is -5.01. The molecule has 7 nitrogen and oxygen atoms in total. The summed E-state index contributed by atoms with van der Waals surface area (Å²) in [5, 5.41) is 15.8. The van der Waals surface area contributed by atoms with Gasteiger partial charge in [0.05, 0.1) is 25.8 Å². The number of halogens is 3. The molecule has 0 amide bonds. The first-order valence-electron chi connectivity index (χ1n) is 8.13. The molecule has 1 N–H and O–H groups in total. The van der Waals surface area contributed by atoms with E-state index in [1.165, 1.54) is 12.5 Å². The van der Waals surface area contributed by atoms with Crippen LogP contribution in [0.2, 0.25) is 0 Å². The van der Waals surface area contributed by atoms with E-state index in [1.54, 1.807) is 31.2 Å². The van der Waals surface area contributed by atoms with Crippen LogP contribution >= 0.6 is 11.3 Å². The summed E-state index contributed by atoms with van der Waals surface area (Å²) in [6.07, 6.45) is -5.81. The summed E-state index contributed by atoms with van der Waals surface area (Å²) in [6, 6.07) is 6.25. The molecule has 0 spiro atoms. The lowest BCUT2D eigenvalue weighted by Gasteiger charge is -2.32. The van der Waals surface area contributed by atoms with Crippen molar-refractivity contribution >= 4 is 28.1 Å². The van der Waals surface area contributed by atoms with Gasteiger partial charge in [-0.2, -0.15) is 23.3 Å². The zero-order valence-corrected chi connectivity index (χ0v) is 15.7. The number of anilines is 1. The fourth-order valence-corrected chi connectivity index (χ4v) is 3.38. The second-order valence-electron chi connectivity index (χ2n) is 5.81. The summed E-state index contributed by atoms with van der Waals surface area (Å²) >= 11 is 0.750. The Labute approximate surface area is 162 Å². The summed E-state index contributed by atoms with van der Waals surface area (Å²) in [7, 11) is 1.47. The zero-order valence-electron chi connectivity index (χ0n) is 14.9. The molecule has 28 heavy (non-hydrogen) atoms. The van der Waals surface area contributed by atoms with Gasteiger partial charge in [0.15, 0.2) is 5.69 Å². The van der Waals surface area contributed by atoms with E-state index in [-0.39, 0.29) is 23.1 Å². The molecule has 0 bridgehead atoms. The van der Waals surface area contributed by atoms with E-state index >= 15 is 0 Å². The summed E-state index contributed by atoms with van der Waals surface area (Å²) < 4.78 is 50.8. The van der Waals surface area contributed by atoms with E-state index in [1.807, 2.05) is 0 Å². The Kier molecular flexibility index (Phi) is 5.31. The van der Waals surface area contributed by atoms with Gasteiger partial charge in [-0.15, -0.1) is 11.3 Å². The average Bonchev–Trinajstić information content (AvgIpc) is 3.27. The van der Waals surface area contributed by atoms with Crippen LogP contribution in [0.3, 0.4) is 0 Å². The van der Waals surface area contributed by atoms with E-state index in [9.17, 15) is 23.1 Å². The van der Waals surface area contributed by atoms with Crippen LogP contribution in [0.5, 0.6) is 5.75 Å². The van der Waals surface area contributed by atoms with Crippen molar-refractivity contribution in [3.05, 3.63) is 40.9 Å². The minimum absolute atomic E-state index is 0.0235. The Morgan fingerprint density at radius 3 is 2.61 bits per heavy atom. The Balaban J connectivity index is 1.99. The predicted octanol–water partition coefficient (Wildman–Crippen LogP) is 3.19. The highest BCUT2D eigenvalue weighted by molar-refractivity contribution is 7.14. The van der Waals surface area contributed by atoms with E-state index < -0.39 is 24.3 Å². The van der Waals surface area contributed by atoms with Crippen molar-refractivity contribution in [1.29, 1.82) is 0 Å². The minimum Gasteiger partial charge on any atom is -0.497 e. The Morgan fingerprint density at radius 1 is 1.36 bits per heavy atom. The lowest BCUT2D eigenvalue weighted by atomic mass is 10.0. The van der Waals surface area contributed by atoms with Gasteiger partial charge in [-0.3, -0.25) is 0 Å². The number of alkyl halides is 3. The number of hydrazone groups is 1. The van der Waals surface area contributed by atoms with Crippen LogP contribution in [-0.4, -0.2) is 47.4 Å². The molecule has 0 unspecified atom stereocenters. The van der Waals surface area contributed by atoms with Gasteiger partial charge in [-0.1, -0.05) is 0 Å². The van der Waals surface area contributed by atoms with Crippen molar-refractivity contribution in [2.75, 3.05) is 18.7 Å². The molecule has 0 saturated heterocycles. The van der Waals surface area contributed by atoms with Crippen LogP contribution in [0, 0.1) is 0 Å². The highest BCUT2D eigenvalue weighted by Crippen LogP contribution is 2.44. The van der Waals surface area contributed by atoms with Gasteiger partial charge >= 0.3 is 12.1 Å². The normalized spacial score (nSPS) is 19.5. The molecular weight excluding hydrogens is 399 g/mol. The first kappa shape index (κ1) is 20.1. The molecule has 0 radical (unpaired) electrons. The Morgan fingerprint density at radius 2 is 2.04 bits per heavy atom. The van der Waals surface area contributed by atoms with E-state index in [4.69, 9.17) is 9.47 Å². The van der Waals surface area contributed by atoms with Crippen LogP contribution in [0.4, 0.5) is 18.3 Å². The third kappa shape index (κ3) is 3.54. The van der Waals surface area contributed by atoms with Crippen LogP contribution in [0.15, 0.2) is 34.7 Å². The lowest BCUT2D eigenvalue weighted by Crippen LogP contribution is -2.55. The third-order valence-corrected chi connectivity index (χ3v) is 4.84. The van der Waals surface area contributed by atoms with Gasteiger partial charge in [0.2, 0.25) is 5.13 Å². The van der Waals surface area contributed by atoms with Crippen LogP contribution < -0.4 is 9.75 Å². The molecule has 1 aromatic carbocycles. The molecule has 0 aliphatic carbocycles. The fourth-order valence-electron chi connectivity index (χ4n) is 2.57. The maximum atomic E-state index is 13.7.